The standard InChI is InChI=1S/C12H8F2N2O3/c13-7-1-2-8(9(14)5-7)10(17)6-16-4-3-11(18)15-12(16)19/h1-5H,6H2,(H,15,18,19). The Hall–Kier alpha value is -2.57. The molecule has 0 radical (unpaired) electrons. The van der Waals surface area contributed by atoms with Crippen molar-refractivity contribution >= 4 is 5.78 Å². The van der Waals surface area contributed by atoms with Gasteiger partial charge in [-0.25, -0.2) is 13.6 Å². The molecular weight excluding hydrogens is 258 g/mol. The van der Waals surface area contributed by atoms with Crippen molar-refractivity contribution in [1.29, 1.82) is 0 Å². The summed E-state index contributed by atoms with van der Waals surface area (Å²) in [7, 11) is 0. The number of hydrogen-bond donors (Lipinski definition) is 1. The molecule has 1 aromatic carbocycles. The molecule has 0 aliphatic rings. The summed E-state index contributed by atoms with van der Waals surface area (Å²) in [6.07, 6.45) is 1.13. The van der Waals surface area contributed by atoms with E-state index in [1.54, 1.807) is 0 Å². The van der Waals surface area contributed by atoms with Crippen LogP contribution in [-0.2, 0) is 6.54 Å². The number of halogens is 2. The van der Waals surface area contributed by atoms with Gasteiger partial charge in [0.1, 0.15) is 11.6 Å². The highest BCUT2D eigenvalue weighted by molar-refractivity contribution is 5.96. The second kappa shape index (κ2) is 4.97. The van der Waals surface area contributed by atoms with Crippen molar-refractivity contribution in [1.82, 2.24) is 9.55 Å². The van der Waals surface area contributed by atoms with E-state index >= 15 is 0 Å². The van der Waals surface area contributed by atoms with Gasteiger partial charge in [0.05, 0.1) is 12.1 Å². The Morgan fingerprint density at radius 3 is 2.58 bits per heavy atom. The molecule has 0 aliphatic carbocycles. The largest absolute Gasteiger partial charge is 0.328 e. The summed E-state index contributed by atoms with van der Waals surface area (Å²) in [5.41, 5.74) is -1.69. The molecule has 0 unspecified atom stereocenters. The first kappa shape index (κ1) is 12.9. The van der Waals surface area contributed by atoms with Gasteiger partial charge in [-0.3, -0.25) is 19.1 Å². The van der Waals surface area contributed by atoms with E-state index in [4.69, 9.17) is 0 Å². The van der Waals surface area contributed by atoms with Gasteiger partial charge in [-0.05, 0) is 12.1 Å². The first-order valence-electron chi connectivity index (χ1n) is 5.25. The number of rotatable bonds is 3. The fraction of sp³-hybridized carbons (Fsp3) is 0.0833. The fourth-order valence-electron chi connectivity index (χ4n) is 1.52. The minimum Gasteiger partial charge on any atom is -0.293 e. The van der Waals surface area contributed by atoms with E-state index in [0.29, 0.717) is 6.07 Å². The third kappa shape index (κ3) is 2.82. The van der Waals surface area contributed by atoms with Gasteiger partial charge in [0.25, 0.3) is 5.56 Å². The minimum atomic E-state index is -0.998. The molecule has 0 bridgehead atoms. The fourth-order valence-corrected chi connectivity index (χ4v) is 1.52. The molecule has 5 nitrogen and oxygen atoms in total. The number of hydrogen-bond acceptors (Lipinski definition) is 3. The SMILES string of the molecule is O=C(Cn1ccc(=O)[nH]c1=O)c1ccc(F)cc1F. The van der Waals surface area contributed by atoms with Crippen LogP contribution in [0.2, 0.25) is 0 Å². The quantitative estimate of drug-likeness (QED) is 0.831. The van der Waals surface area contributed by atoms with E-state index in [1.807, 2.05) is 4.98 Å². The van der Waals surface area contributed by atoms with Gasteiger partial charge in [-0.2, -0.15) is 0 Å². The number of Topliss-reactive ketones (excluding diaryl/α,β-unsaturated/α-hetero) is 1. The lowest BCUT2D eigenvalue weighted by molar-refractivity contribution is 0.0966. The van der Waals surface area contributed by atoms with E-state index < -0.39 is 35.2 Å². The number of nitrogens with one attached hydrogen (secondary N) is 1. The molecule has 1 heterocycles. The average Bonchev–Trinajstić information content (AvgIpc) is 2.32. The van der Waals surface area contributed by atoms with Gasteiger partial charge < -0.3 is 0 Å². The summed E-state index contributed by atoms with van der Waals surface area (Å²) in [4.78, 5) is 35.9. The first-order valence-corrected chi connectivity index (χ1v) is 5.25. The lowest BCUT2D eigenvalue weighted by atomic mass is 10.1. The van der Waals surface area contributed by atoms with Gasteiger partial charge in [0.15, 0.2) is 5.78 Å². The Labute approximate surface area is 105 Å². The number of ketones is 1. The molecular formula is C12H8F2N2O3. The van der Waals surface area contributed by atoms with Gasteiger partial charge in [0, 0.05) is 18.3 Å². The minimum absolute atomic E-state index is 0.320. The molecule has 0 atom stereocenters. The highest BCUT2D eigenvalue weighted by Gasteiger charge is 2.13. The van der Waals surface area contributed by atoms with Crippen molar-refractivity contribution in [3.8, 4) is 0 Å². The van der Waals surface area contributed by atoms with E-state index in [9.17, 15) is 23.2 Å². The van der Waals surface area contributed by atoms with Crippen LogP contribution in [0.25, 0.3) is 0 Å². The second-order valence-corrected chi connectivity index (χ2v) is 3.79. The Morgan fingerprint density at radius 1 is 1.21 bits per heavy atom. The van der Waals surface area contributed by atoms with Gasteiger partial charge >= 0.3 is 5.69 Å². The van der Waals surface area contributed by atoms with Gasteiger partial charge in [-0.15, -0.1) is 0 Å². The Kier molecular flexibility index (Phi) is 3.37. The third-order valence-corrected chi connectivity index (χ3v) is 2.44. The van der Waals surface area contributed by atoms with Crippen LogP contribution in [0.4, 0.5) is 8.78 Å². The molecule has 1 aromatic heterocycles. The summed E-state index contributed by atoms with van der Waals surface area (Å²) in [5.74, 6) is -2.50. The number of carbonyl (C=O) groups is 1. The number of nitrogens with zero attached hydrogens (tertiary/aromatic N) is 1. The number of carbonyl (C=O) groups excluding carboxylic acids is 1. The summed E-state index contributed by atoms with van der Waals surface area (Å²) < 4.78 is 27.0. The molecule has 0 saturated carbocycles. The Morgan fingerprint density at radius 2 is 1.95 bits per heavy atom. The lowest BCUT2D eigenvalue weighted by Crippen LogP contribution is -2.31. The van der Waals surface area contributed by atoms with Crippen LogP contribution < -0.4 is 11.2 Å². The van der Waals surface area contributed by atoms with Crippen LogP contribution >= 0.6 is 0 Å². The van der Waals surface area contributed by atoms with E-state index in [-0.39, 0.29) is 5.56 Å². The predicted molar refractivity (Wildman–Crippen MR) is 62.0 cm³/mol. The van der Waals surface area contributed by atoms with Gasteiger partial charge in [-0.1, -0.05) is 0 Å². The smallest absolute Gasteiger partial charge is 0.293 e. The highest BCUT2D eigenvalue weighted by Crippen LogP contribution is 2.10. The predicted octanol–water partition coefficient (Wildman–Crippen LogP) is 0.698. The van der Waals surface area contributed by atoms with E-state index in [2.05, 4.69) is 0 Å². The van der Waals surface area contributed by atoms with Crippen molar-refractivity contribution in [3.63, 3.8) is 0 Å². The molecule has 19 heavy (non-hydrogen) atoms. The first-order chi connectivity index (χ1) is 8.97. The zero-order valence-corrected chi connectivity index (χ0v) is 9.52. The molecule has 7 heteroatoms. The maximum absolute atomic E-state index is 13.4. The Bertz CT molecular complexity index is 749. The number of aromatic nitrogens is 2. The summed E-state index contributed by atoms with van der Waals surface area (Å²) >= 11 is 0. The molecule has 0 spiro atoms. The molecule has 0 aliphatic heterocycles. The van der Waals surface area contributed by atoms with Crippen LogP contribution in [0.15, 0.2) is 40.1 Å². The van der Waals surface area contributed by atoms with Crippen LogP contribution in [0, 0.1) is 11.6 Å². The number of benzene rings is 1. The topological polar surface area (TPSA) is 71.9 Å². The summed E-state index contributed by atoms with van der Waals surface area (Å²) in [6.45, 7) is -0.446. The molecule has 98 valence electrons. The normalized spacial score (nSPS) is 10.4. The molecule has 2 aromatic rings. The molecule has 2 rings (SSSR count). The number of H-pyrrole nitrogens is 1. The van der Waals surface area contributed by atoms with E-state index in [1.165, 1.54) is 0 Å². The maximum Gasteiger partial charge on any atom is 0.328 e. The van der Waals surface area contributed by atoms with Gasteiger partial charge in [0.2, 0.25) is 0 Å². The molecule has 0 fully saturated rings. The van der Waals surface area contributed by atoms with Crippen molar-refractivity contribution in [2.75, 3.05) is 0 Å². The third-order valence-electron chi connectivity index (χ3n) is 2.44. The Balaban J connectivity index is 2.30. The van der Waals surface area contributed by atoms with Crippen molar-refractivity contribution in [3.05, 3.63) is 68.5 Å². The number of aromatic amines is 1. The van der Waals surface area contributed by atoms with Crippen molar-refractivity contribution < 1.29 is 13.6 Å². The molecule has 0 amide bonds. The second-order valence-electron chi connectivity index (χ2n) is 3.79. The monoisotopic (exact) mass is 266 g/mol. The zero-order valence-electron chi connectivity index (χ0n) is 9.52. The molecule has 0 saturated heterocycles. The summed E-state index contributed by atoms with van der Waals surface area (Å²) in [6, 6.07) is 3.61. The maximum atomic E-state index is 13.4. The summed E-state index contributed by atoms with van der Waals surface area (Å²) in [5, 5.41) is 0. The van der Waals surface area contributed by atoms with Crippen molar-refractivity contribution in [2.45, 2.75) is 6.54 Å². The molecule has 1 N–H and O–H groups in total. The van der Waals surface area contributed by atoms with E-state index in [0.717, 1.165) is 29.0 Å². The van der Waals surface area contributed by atoms with Crippen LogP contribution in [-0.4, -0.2) is 15.3 Å². The van der Waals surface area contributed by atoms with Crippen LogP contribution in [0.5, 0.6) is 0 Å². The van der Waals surface area contributed by atoms with Crippen LogP contribution in [0.3, 0.4) is 0 Å². The highest BCUT2D eigenvalue weighted by atomic mass is 19.1. The lowest BCUT2D eigenvalue weighted by Gasteiger charge is -2.05. The van der Waals surface area contributed by atoms with Crippen molar-refractivity contribution in [2.24, 2.45) is 0 Å². The average molecular weight is 266 g/mol. The zero-order chi connectivity index (χ0) is 14.0. The van der Waals surface area contributed by atoms with Crippen LogP contribution in [0.1, 0.15) is 10.4 Å².